The van der Waals surface area contributed by atoms with Gasteiger partial charge in [0.1, 0.15) is 11.5 Å². The van der Waals surface area contributed by atoms with Crippen molar-refractivity contribution in [3.63, 3.8) is 0 Å². The van der Waals surface area contributed by atoms with Crippen LogP contribution in [0, 0.1) is 5.82 Å². The first-order chi connectivity index (χ1) is 15.5. The van der Waals surface area contributed by atoms with Crippen LogP contribution >= 0.6 is 23.2 Å². The van der Waals surface area contributed by atoms with E-state index in [1.54, 1.807) is 13.8 Å². The fraction of sp³-hybridized carbons (Fsp3) is 0.316. The summed E-state index contributed by atoms with van der Waals surface area (Å²) in [5.74, 6) is 1.69. The Labute approximate surface area is 199 Å². The largest absolute Gasteiger partial charge is 0.444 e. The minimum Gasteiger partial charge on any atom is -0.444 e. The number of ether oxygens (including phenoxy) is 1. The van der Waals surface area contributed by atoms with Crippen molar-refractivity contribution < 1.29 is 32.3 Å². The molecule has 1 aromatic carbocycles. The fourth-order valence-electron chi connectivity index (χ4n) is 2.43. The lowest BCUT2D eigenvalue weighted by Crippen LogP contribution is -2.45. The Hall–Kier alpha value is -3.32. The Balaban J connectivity index is 2.57. The Morgan fingerprint density at radius 3 is 2.26 bits per heavy atom. The number of rotatable bonds is 6. The molecular formula is C19H17Cl2F3N4O6. The number of alkyl halides is 3. The van der Waals surface area contributed by atoms with E-state index >= 15 is 0 Å². The van der Waals surface area contributed by atoms with E-state index in [0.29, 0.717) is 17.8 Å². The third-order valence-electron chi connectivity index (χ3n) is 4.08. The number of nitrogens with two attached hydrogens (primary N) is 1. The zero-order valence-corrected chi connectivity index (χ0v) is 19.5. The first-order valence-electron chi connectivity index (χ1n) is 9.14. The zero-order valence-electron chi connectivity index (χ0n) is 18.0. The number of hydrogen-bond acceptors (Lipinski definition) is 8. The predicted molar refractivity (Wildman–Crippen MR) is 116 cm³/mol. The normalized spacial score (nSPS) is 11.7. The summed E-state index contributed by atoms with van der Waals surface area (Å²) in [6.07, 6.45) is 0. The molecule has 184 valence electrons. The molecule has 0 amide bonds. The molecule has 0 fully saturated rings. The second-order valence-corrected chi connectivity index (χ2v) is 8.34. The number of benzene rings is 1. The molecule has 0 saturated heterocycles. The standard InChI is InChI=1S/C19H17Cl2F3N4O6/c1-8(2)26-34-16(31)18(3,4)33-15(30)9-5-12(11(22)6-10(9)20)27-14(29)7-13(19(21,23)24)28(25)17(27)32/h5-7H,25H2,1-4H3. The summed E-state index contributed by atoms with van der Waals surface area (Å²) in [4.78, 5) is 54.2. The third-order valence-corrected chi connectivity index (χ3v) is 4.58. The number of nitrogen functional groups attached to an aromatic ring is 1. The van der Waals surface area contributed by atoms with Crippen molar-refractivity contribution in [3.05, 3.63) is 61.1 Å². The van der Waals surface area contributed by atoms with Crippen LogP contribution in [0.2, 0.25) is 5.02 Å². The van der Waals surface area contributed by atoms with E-state index in [2.05, 4.69) is 9.99 Å². The number of oxime groups is 1. The highest BCUT2D eigenvalue weighted by molar-refractivity contribution is 6.33. The van der Waals surface area contributed by atoms with Gasteiger partial charge in [0.15, 0.2) is 0 Å². The fourth-order valence-corrected chi connectivity index (χ4v) is 2.81. The SMILES string of the molecule is CC(C)=NOC(=O)C(C)(C)OC(=O)c1cc(-n2c(=O)cc(C(F)(F)Cl)n(N)c2=O)c(F)cc1Cl. The highest BCUT2D eigenvalue weighted by atomic mass is 35.5. The molecule has 15 heteroatoms. The number of nitrogens with zero attached hydrogens (tertiary/aromatic N) is 3. The number of halogens is 5. The van der Waals surface area contributed by atoms with Crippen molar-refractivity contribution in [3.8, 4) is 5.69 Å². The third kappa shape index (κ3) is 5.59. The van der Waals surface area contributed by atoms with Crippen LogP contribution in [0.5, 0.6) is 0 Å². The monoisotopic (exact) mass is 524 g/mol. The maximum atomic E-state index is 14.6. The van der Waals surface area contributed by atoms with E-state index in [4.69, 9.17) is 33.8 Å². The lowest BCUT2D eigenvalue weighted by molar-refractivity contribution is -0.162. The molecule has 10 nitrogen and oxygen atoms in total. The van der Waals surface area contributed by atoms with Gasteiger partial charge in [-0.2, -0.15) is 8.78 Å². The molecule has 1 heterocycles. The molecule has 0 aliphatic rings. The minimum absolute atomic E-state index is 0.0761. The van der Waals surface area contributed by atoms with Gasteiger partial charge in [0.2, 0.25) is 5.60 Å². The Kier molecular flexibility index (Phi) is 7.53. The highest BCUT2D eigenvalue weighted by Gasteiger charge is 2.36. The van der Waals surface area contributed by atoms with Crippen molar-refractivity contribution in [2.75, 3.05) is 5.84 Å². The van der Waals surface area contributed by atoms with E-state index in [0.717, 1.165) is 0 Å². The molecule has 0 unspecified atom stereocenters. The lowest BCUT2D eigenvalue weighted by Gasteiger charge is -2.22. The summed E-state index contributed by atoms with van der Waals surface area (Å²) in [7, 11) is 0. The Morgan fingerprint density at radius 2 is 1.74 bits per heavy atom. The van der Waals surface area contributed by atoms with Gasteiger partial charge in [-0.15, -0.1) is 0 Å². The molecule has 2 aromatic rings. The van der Waals surface area contributed by atoms with Crippen LogP contribution in [-0.2, 0) is 19.8 Å². The topological polar surface area (TPSA) is 135 Å². The first-order valence-corrected chi connectivity index (χ1v) is 9.89. The van der Waals surface area contributed by atoms with Gasteiger partial charge in [0.05, 0.1) is 22.0 Å². The number of hydrogen-bond donors (Lipinski definition) is 1. The molecule has 2 N–H and O–H groups in total. The van der Waals surface area contributed by atoms with Crippen molar-refractivity contribution in [1.29, 1.82) is 0 Å². The second kappa shape index (κ2) is 9.50. The Morgan fingerprint density at radius 1 is 1.15 bits per heavy atom. The van der Waals surface area contributed by atoms with Crippen molar-refractivity contribution in [2.45, 2.75) is 38.7 Å². The van der Waals surface area contributed by atoms with E-state index in [9.17, 15) is 32.3 Å². The summed E-state index contributed by atoms with van der Waals surface area (Å²) in [5, 5.41) is -1.24. The summed E-state index contributed by atoms with van der Waals surface area (Å²) in [5.41, 5.74) is -7.30. The van der Waals surface area contributed by atoms with Crippen molar-refractivity contribution >= 4 is 40.9 Å². The number of esters is 1. The molecule has 0 atom stereocenters. The highest BCUT2D eigenvalue weighted by Crippen LogP contribution is 2.30. The van der Waals surface area contributed by atoms with Crippen LogP contribution in [0.4, 0.5) is 13.2 Å². The molecular weight excluding hydrogens is 508 g/mol. The zero-order chi connectivity index (χ0) is 26.2. The summed E-state index contributed by atoms with van der Waals surface area (Å²) >= 11 is 10.7. The molecule has 2 rings (SSSR count). The van der Waals surface area contributed by atoms with E-state index in [-0.39, 0.29) is 15.3 Å². The molecule has 0 spiro atoms. The minimum atomic E-state index is -4.18. The van der Waals surface area contributed by atoms with E-state index < -0.39 is 62.0 Å². The van der Waals surface area contributed by atoms with E-state index in [1.807, 2.05) is 0 Å². The summed E-state index contributed by atoms with van der Waals surface area (Å²) in [6.45, 7) is 5.44. The molecule has 0 radical (unpaired) electrons. The predicted octanol–water partition coefficient (Wildman–Crippen LogP) is 2.67. The smallest absolute Gasteiger partial charge is 0.377 e. The molecule has 34 heavy (non-hydrogen) atoms. The number of carbonyl (C=O) groups is 2. The van der Waals surface area contributed by atoms with Gasteiger partial charge in [-0.1, -0.05) is 16.8 Å². The van der Waals surface area contributed by atoms with Crippen LogP contribution in [-0.4, -0.2) is 32.5 Å². The van der Waals surface area contributed by atoms with E-state index in [1.165, 1.54) is 13.8 Å². The summed E-state index contributed by atoms with van der Waals surface area (Å²) in [6, 6.07) is 1.44. The van der Waals surface area contributed by atoms with Crippen LogP contribution in [0.15, 0.2) is 32.9 Å². The van der Waals surface area contributed by atoms with Crippen molar-refractivity contribution in [2.24, 2.45) is 5.16 Å². The molecule has 1 aromatic heterocycles. The van der Waals surface area contributed by atoms with Gasteiger partial charge < -0.3 is 15.4 Å². The first kappa shape index (κ1) is 26.9. The van der Waals surface area contributed by atoms with Gasteiger partial charge in [-0.25, -0.2) is 28.0 Å². The van der Waals surface area contributed by atoms with Crippen molar-refractivity contribution in [1.82, 2.24) is 9.24 Å². The quantitative estimate of drug-likeness (QED) is 0.153. The number of aromatic nitrogens is 2. The van der Waals surface area contributed by atoms with Crippen LogP contribution < -0.4 is 17.1 Å². The molecule has 0 aliphatic heterocycles. The average molecular weight is 525 g/mol. The number of carbonyl (C=O) groups excluding carboxylic acids is 2. The maximum Gasteiger partial charge on any atom is 0.377 e. The molecule has 0 bridgehead atoms. The molecule has 0 aliphatic carbocycles. The summed E-state index contributed by atoms with van der Waals surface area (Å²) < 4.78 is 46.4. The van der Waals surface area contributed by atoms with Gasteiger partial charge in [0, 0.05) is 6.07 Å². The lowest BCUT2D eigenvalue weighted by atomic mass is 10.1. The van der Waals surface area contributed by atoms with Gasteiger partial charge in [-0.3, -0.25) is 4.79 Å². The van der Waals surface area contributed by atoms with Crippen LogP contribution in [0.3, 0.4) is 0 Å². The second-order valence-electron chi connectivity index (χ2n) is 7.45. The van der Waals surface area contributed by atoms with Gasteiger partial charge >= 0.3 is 23.0 Å². The van der Waals surface area contributed by atoms with Gasteiger partial charge in [0.25, 0.3) is 5.56 Å². The Bertz CT molecular complexity index is 1310. The van der Waals surface area contributed by atoms with Gasteiger partial charge in [-0.05, 0) is 51.4 Å². The maximum absolute atomic E-state index is 14.6. The average Bonchev–Trinajstić information content (AvgIpc) is 2.68. The molecule has 0 saturated carbocycles. The van der Waals surface area contributed by atoms with Crippen LogP contribution in [0.1, 0.15) is 43.7 Å². The van der Waals surface area contributed by atoms with Crippen LogP contribution in [0.25, 0.3) is 5.69 Å².